The molecule has 5 N–H and O–H groups in total. The van der Waals surface area contributed by atoms with Gasteiger partial charge >= 0.3 is 0 Å². The van der Waals surface area contributed by atoms with E-state index in [1.807, 2.05) is 38.1 Å². The Labute approximate surface area is 224 Å². The van der Waals surface area contributed by atoms with E-state index in [9.17, 15) is 14.4 Å². The average Bonchev–Trinajstić information content (AvgIpc) is 3.21. The quantitative estimate of drug-likeness (QED) is 0.295. The van der Waals surface area contributed by atoms with Crippen molar-refractivity contribution in [3.63, 3.8) is 0 Å². The van der Waals surface area contributed by atoms with Gasteiger partial charge in [-0.05, 0) is 45.2 Å². The number of hydrogen-bond acceptors (Lipinski definition) is 8. The van der Waals surface area contributed by atoms with Crippen molar-refractivity contribution in [3.05, 3.63) is 36.4 Å². The van der Waals surface area contributed by atoms with Crippen LogP contribution in [0, 0.1) is 0 Å². The molecule has 0 bridgehead atoms. The van der Waals surface area contributed by atoms with Gasteiger partial charge in [-0.3, -0.25) is 14.4 Å². The lowest BCUT2D eigenvalue weighted by molar-refractivity contribution is -0.131. The largest absolute Gasteiger partial charge is 0.383 e. The lowest BCUT2D eigenvalue weighted by atomic mass is 10.2. The summed E-state index contributed by atoms with van der Waals surface area (Å²) in [5.41, 5.74) is 8.64. The smallest absolute Gasteiger partial charge is 0.240 e. The number of carbonyl (C=O) groups excluding carboxylic acids is 3. The molecule has 0 saturated carbocycles. The molecule has 0 spiro atoms. The zero-order valence-corrected chi connectivity index (χ0v) is 23.0. The van der Waals surface area contributed by atoms with Gasteiger partial charge in [0.05, 0.1) is 0 Å². The second kappa shape index (κ2) is 13.8. The maximum atomic E-state index is 12.9. The Morgan fingerprint density at radius 3 is 2.43 bits per heavy atom. The van der Waals surface area contributed by atoms with Gasteiger partial charge in [-0.25, -0.2) is 0 Å². The highest BCUT2D eigenvalue weighted by atomic mass is 32.2. The Balaban J connectivity index is 1.45. The van der Waals surface area contributed by atoms with E-state index >= 15 is 0 Å². The summed E-state index contributed by atoms with van der Waals surface area (Å²) < 4.78 is 0. The Morgan fingerprint density at radius 1 is 1.16 bits per heavy atom. The minimum absolute atomic E-state index is 0.00177. The molecule has 3 atom stereocenters. The maximum Gasteiger partial charge on any atom is 0.240 e. The Kier molecular flexibility index (Phi) is 10.8. The number of likely N-dealkylation sites (N-methyl/N-ethyl adjacent to an activating group) is 2. The van der Waals surface area contributed by atoms with Crippen molar-refractivity contribution in [2.75, 3.05) is 70.0 Å². The first kappa shape index (κ1) is 29.0. The molecule has 1 aromatic rings. The Morgan fingerprint density at radius 2 is 1.81 bits per heavy atom. The van der Waals surface area contributed by atoms with E-state index in [4.69, 9.17) is 5.73 Å². The lowest BCUT2D eigenvalue weighted by Crippen LogP contribution is -2.52. The van der Waals surface area contributed by atoms with Gasteiger partial charge in [-0.1, -0.05) is 12.2 Å². The molecule has 2 fully saturated rings. The van der Waals surface area contributed by atoms with E-state index in [0.717, 1.165) is 49.7 Å². The monoisotopic (exact) mass is 531 g/mol. The van der Waals surface area contributed by atoms with Gasteiger partial charge in [0.1, 0.15) is 16.7 Å². The third-order valence-corrected chi connectivity index (χ3v) is 8.12. The molecule has 11 heteroatoms. The number of carbonyl (C=O) groups is 3. The van der Waals surface area contributed by atoms with Gasteiger partial charge in [-0.15, -0.1) is 11.8 Å². The van der Waals surface area contributed by atoms with Crippen molar-refractivity contribution >= 4 is 40.9 Å². The van der Waals surface area contributed by atoms with Crippen LogP contribution in [-0.4, -0.2) is 108 Å². The molecule has 3 rings (SSSR count). The molecule has 2 saturated heterocycles. The molecule has 204 valence electrons. The van der Waals surface area contributed by atoms with Crippen LogP contribution in [0.5, 0.6) is 0 Å². The summed E-state index contributed by atoms with van der Waals surface area (Å²) in [5.74, 6) is -0.319. The number of amides is 3. The predicted octanol–water partition coefficient (Wildman–Crippen LogP) is 0.984. The summed E-state index contributed by atoms with van der Waals surface area (Å²) in [4.78, 5) is 44.0. The number of anilines is 2. The minimum Gasteiger partial charge on any atom is -0.383 e. The fourth-order valence-electron chi connectivity index (χ4n) is 4.28. The number of thioether (sulfide) groups is 1. The molecule has 37 heavy (non-hydrogen) atoms. The molecule has 2 aliphatic heterocycles. The summed E-state index contributed by atoms with van der Waals surface area (Å²) in [7, 11) is 2.12. The number of piperazine rings is 1. The van der Waals surface area contributed by atoms with Gasteiger partial charge < -0.3 is 36.4 Å². The minimum atomic E-state index is -0.822. The summed E-state index contributed by atoms with van der Waals surface area (Å²) in [5, 5.41) is 8.26. The SMILES string of the molecule is C=C(C)CNC(=O)[C@@H](N)C1S[C@H](CNc2ccc(NC(=O)CCN3CCN(C)CC3)cc2)C(=O)N1CC. The molecule has 0 aromatic heterocycles. The Bertz CT molecular complexity index is 950. The molecular formula is C26H41N7O3S. The summed E-state index contributed by atoms with van der Waals surface area (Å²) in [6, 6.07) is 6.64. The van der Waals surface area contributed by atoms with E-state index in [1.54, 1.807) is 4.90 Å². The summed E-state index contributed by atoms with van der Waals surface area (Å²) in [6.07, 6.45) is 0.465. The molecule has 3 amide bonds. The predicted molar refractivity (Wildman–Crippen MR) is 150 cm³/mol. The van der Waals surface area contributed by atoms with Crippen LogP contribution in [0.3, 0.4) is 0 Å². The fourth-order valence-corrected chi connectivity index (χ4v) is 5.74. The van der Waals surface area contributed by atoms with Crippen LogP contribution in [-0.2, 0) is 14.4 Å². The normalized spacial score (nSPS) is 21.5. The Hall–Kier alpha value is -2.60. The van der Waals surface area contributed by atoms with Crippen molar-refractivity contribution in [1.29, 1.82) is 0 Å². The van der Waals surface area contributed by atoms with Gasteiger partial charge in [0.15, 0.2) is 0 Å². The zero-order chi connectivity index (χ0) is 26.9. The van der Waals surface area contributed by atoms with Crippen LogP contribution in [0.2, 0.25) is 0 Å². The maximum absolute atomic E-state index is 12.9. The van der Waals surface area contributed by atoms with Gasteiger partial charge in [-0.2, -0.15) is 0 Å². The molecule has 10 nitrogen and oxygen atoms in total. The molecule has 2 heterocycles. The van der Waals surface area contributed by atoms with E-state index in [2.05, 4.69) is 39.4 Å². The average molecular weight is 532 g/mol. The fraction of sp³-hybridized carbons (Fsp3) is 0.577. The molecule has 1 aromatic carbocycles. The first-order chi connectivity index (χ1) is 17.7. The van der Waals surface area contributed by atoms with E-state index < -0.39 is 11.4 Å². The lowest BCUT2D eigenvalue weighted by Gasteiger charge is -2.32. The van der Waals surface area contributed by atoms with Crippen LogP contribution in [0.4, 0.5) is 11.4 Å². The second-order valence-electron chi connectivity index (χ2n) is 9.74. The third kappa shape index (κ3) is 8.46. The molecule has 0 aliphatic carbocycles. The highest BCUT2D eigenvalue weighted by molar-refractivity contribution is 8.01. The first-order valence-corrected chi connectivity index (χ1v) is 13.8. The topological polar surface area (TPSA) is 123 Å². The zero-order valence-electron chi connectivity index (χ0n) is 22.2. The number of nitrogens with zero attached hydrogens (tertiary/aromatic N) is 3. The highest BCUT2D eigenvalue weighted by Crippen LogP contribution is 2.33. The van der Waals surface area contributed by atoms with Gasteiger partial charge in [0.2, 0.25) is 17.7 Å². The van der Waals surface area contributed by atoms with Crippen molar-refractivity contribution in [1.82, 2.24) is 20.0 Å². The van der Waals surface area contributed by atoms with Crippen molar-refractivity contribution in [2.45, 2.75) is 36.9 Å². The van der Waals surface area contributed by atoms with Crippen LogP contribution in [0.1, 0.15) is 20.3 Å². The summed E-state index contributed by atoms with van der Waals surface area (Å²) >= 11 is 1.41. The highest BCUT2D eigenvalue weighted by Gasteiger charge is 2.44. The van der Waals surface area contributed by atoms with Crippen LogP contribution in [0.25, 0.3) is 0 Å². The van der Waals surface area contributed by atoms with Crippen molar-refractivity contribution in [3.8, 4) is 0 Å². The first-order valence-electron chi connectivity index (χ1n) is 12.9. The number of nitrogens with one attached hydrogen (secondary N) is 3. The molecule has 2 aliphatic rings. The molecular weight excluding hydrogens is 490 g/mol. The van der Waals surface area contributed by atoms with Crippen molar-refractivity contribution < 1.29 is 14.4 Å². The number of hydrogen-bond donors (Lipinski definition) is 4. The van der Waals surface area contributed by atoms with Gasteiger partial charge in [0, 0.05) is 70.2 Å². The van der Waals surface area contributed by atoms with Crippen LogP contribution in [0.15, 0.2) is 36.4 Å². The van der Waals surface area contributed by atoms with Crippen molar-refractivity contribution in [2.24, 2.45) is 5.73 Å². The van der Waals surface area contributed by atoms with Crippen LogP contribution < -0.4 is 21.7 Å². The number of nitrogens with two attached hydrogens (primary N) is 1. The number of rotatable bonds is 12. The van der Waals surface area contributed by atoms with E-state index in [0.29, 0.717) is 26.1 Å². The summed E-state index contributed by atoms with van der Waals surface area (Å²) in [6.45, 7) is 13.6. The standard InChI is InChI=1S/C26H41N7O3S/c1-5-33-25(36)21(37-26(33)23(27)24(35)29-16-18(2)3)17-28-19-6-8-20(9-7-19)30-22(34)10-11-32-14-12-31(4)13-15-32/h6-9,21,23,26,28H,2,5,10-17,27H2,1,3-4H3,(H,29,35)(H,30,34)/t21-,23-,26?/m1/s1. The molecule has 0 radical (unpaired) electrons. The van der Waals surface area contributed by atoms with Gasteiger partial charge in [0.25, 0.3) is 0 Å². The van der Waals surface area contributed by atoms with Crippen LogP contribution >= 0.6 is 11.8 Å². The van der Waals surface area contributed by atoms with E-state index in [-0.39, 0.29) is 23.0 Å². The molecule has 1 unspecified atom stereocenters. The third-order valence-electron chi connectivity index (χ3n) is 6.60. The van der Waals surface area contributed by atoms with E-state index in [1.165, 1.54) is 11.8 Å². The second-order valence-corrected chi connectivity index (χ2v) is 11.1. The number of benzene rings is 1.